The molecule has 4 aliphatic rings. The molecule has 8 atom stereocenters. The number of anilines is 1. The Morgan fingerprint density at radius 3 is 2.26 bits per heavy atom. The van der Waals surface area contributed by atoms with Crippen LogP contribution in [0.1, 0.15) is 57.1 Å². The van der Waals surface area contributed by atoms with Gasteiger partial charge in [0.15, 0.2) is 0 Å². The van der Waals surface area contributed by atoms with Gasteiger partial charge in [-0.15, -0.1) is 0 Å². The van der Waals surface area contributed by atoms with Gasteiger partial charge in [-0.25, -0.2) is 22.9 Å². The maximum absolute atomic E-state index is 14.7. The number of aryl methyl sites for hydroxylation is 1. The number of carbonyl (C=O) groups excluding carboxylic acids is 7. The van der Waals surface area contributed by atoms with Gasteiger partial charge < -0.3 is 50.5 Å². The van der Waals surface area contributed by atoms with Gasteiger partial charge in [0, 0.05) is 44.2 Å². The molecule has 4 heterocycles. The third-order valence-corrected chi connectivity index (χ3v) is 11.9. The van der Waals surface area contributed by atoms with Crippen molar-refractivity contribution in [2.45, 2.75) is 102 Å². The molecule has 0 saturated carbocycles. The second-order valence-corrected chi connectivity index (χ2v) is 17.5. The Morgan fingerprint density at radius 2 is 1.58 bits per heavy atom. The highest BCUT2D eigenvalue weighted by Gasteiger charge is 2.49. The van der Waals surface area contributed by atoms with E-state index in [0.29, 0.717) is 24.6 Å². The molecule has 4 aliphatic heterocycles. The summed E-state index contributed by atoms with van der Waals surface area (Å²) in [7, 11) is -5.19. The van der Waals surface area contributed by atoms with Gasteiger partial charge in [-0.2, -0.15) is 0 Å². The third kappa shape index (κ3) is 11.3. The molecule has 0 aromatic heterocycles. The monoisotopic (exact) mass is 889 g/mol. The van der Waals surface area contributed by atoms with Gasteiger partial charge in [-0.05, 0) is 75.3 Å². The fraction of sp³-hybridized carbons (Fsp3) is 0.525. The largest absolute Gasteiger partial charge is 0.469 e. The molecule has 2 aromatic carbocycles. The van der Waals surface area contributed by atoms with E-state index in [-0.39, 0.29) is 37.4 Å². The van der Waals surface area contributed by atoms with Gasteiger partial charge in [0.1, 0.15) is 54.5 Å². The molecule has 0 bridgehead atoms. The van der Waals surface area contributed by atoms with E-state index in [1.54, 1.807) is 31.2 Å². The second-order valence-electron chi connectivity index (χ2n) is 16.3. The Balaban J connectivity index is 1.37. The van der Waals surface area contributed by atoms with Gasteiger partial charge in [0.25, 0.3) is 0 Å². The number of hydrogen-bond acceptors (Lipinski definition) is 10. The van der Waals surface area contributed by atoms with Crippen LogP contribution in [0.15, 0.2) is 42.5 Å². The summed E-state index contributed by atoms with van der Waals surface area (Å²) in [6.45, 7) is 3.77. The number of piperidine rings is 1. The van der Waals surface area contributed by atoms with Gasteiger partial charge in [-0.3, -0.25) is 28.5 Å². The summed E-state index contributed by atoms with van der Waals surface area (Å²) in [4.78, 5) is 121. The van der Waals surface area contributed by atoms with Crippen molar-refractivity contribution in [3.63, 3.8) is 0 Å². The van der Waals surface area contributed by atoms with Crippen molar-refractivity contribution in [3.8, 4) is 0 Å². The van der Waals surface area contributed by atoms with Crippen LogP contribution in [0.4, 0.5) is 19.3 Å². The van der Waals surface area contributed by atoms with Crippen LogP contribution in [-0.4, -0.2) is 135 Å². The first-order chi connectivity index (χ1) is 29.3. The number of benzene rings is 2. The lowest BCUT2D eigenvalue weighted by Crippen LogP contribution is -2.62. The maximum atomic E-state index is 14.7. The number of amides is 7. The molecule has 2 aromatic rings. The number of urea groups is 1. The van der Waals surface area contributed by atoms with Gasteiger partial charge >= 0.3 is 19.8 Å². The number of halogens is 2. The summed E-state index contributed by atoms with van der Waals surface area (Å²) in [5.41, 5.74) is 1.16. The summed E-state index contributed by atoms with van der Waals surface area (Å²) >= 11 is 0. The minimum absolute atomic E-state index is 0.0595. The second kappa shape index (κ2) is 19.3. The molecule has 19 nitrogen and oxygen atoms in total. The lowest BCUT2D eigenvalue weighted by molar-refractivity contribution is -0.158. The van der Waals surface area contributed by atoms with E-state index in [1.807, 2.05) is 6.92 Å². The molecule has 22 heteroatoms. The van der Waals surface area contributed by atoms with Crippen LogP contribution >= 0.6 is 7.82 Å². The standard InChI is InChI=1S/C40H50F2N7O12P/c1-21-7-9-27(10-8-21)44-40(56)46-29(15-24-13-25(41)16-26(42)14-24)34(50)45-30-20-60-39(55)33-12-22(2)18-48(33)36(52)23(3)43-35(51)31-6-4-5-11-47(31)38(54)32-17-28(61-62(57,58)59)19-49(32)37(30)53/h7-10,13-14,16,22-23,28-33H,4-6,11-12,15,17-20H2,1-3H3,(H,43,51)(H,45,50)(H2,44,46,56)(H2,57,58,59)/t22-,23+,28-,29+,30+,31+,32+,33+/m1/s1. The molecule has 0 radical (unpaired) electrons. The molecule has 62 heavy (non-hydrogen) atoms. The highest BCUT2D eigenvalue weighted by molar-refractivity contribution is 7.46. The van der Waals surface area contributed by atoms with Crippen LogP contribution in [-0.2, 0) is 49.0 Å². The Kier molecular flexibility index (Phi) is 14.3. The highest BCUT2D eigenvalue weighted by Crippen LogP contribution is 2.41. The van der Waals surface area contributed by atoms with E-state index in [4.69, 9.17) is 9.26 Å². The molecule has 7 amide bonds. The summed E-state index contributed by atoms with van der Waals surface area (Å²) in [6, 6.07) is -0.229. The van der Waals surface area contributed by atoms with Crippen LogP contribution in [0.25, 0.3) is 0 Å². The van der Waals surface area contributed by atoms with Crippen molar-refractivity contribution in [2.24, 2.45) is 5.92 Å². The summed E-state index contributed by atoms with van der Waals surface area (Å²) < 4.78 is 51.3. The smallest absolute Gasteiger partial charge is 0.461 e. The number of ether oxygens (including phenoxy) is 1. The van der Waals surface area contributed by atoms with Crippen molar-refractivity contribution in [2.75, 3.05) is 31.6 Å². The van der Waals surface area contributed by atoms with Crippen LogP contribution in [0.3, 0.4) is 0 Å². The molecule has 6 N–H and O–H groups in total. The first-order valence-electron chi connectivity index (χ1n) is 20.3. The molecule has 0 spiro atoms. The first kappa shape index (κ1) is 46.0. The SMILES string of the molecule is Cc1ccc(NC(=O)N[C@@H](Cc2cc(F)cc(F)c2)C(=O)N[C@H]2COC(=O)[C@@H]3C[C@@H](C)CN3C(=O)[C@H](C)NC(=O)[C@@H]3CCCCN3C(=O)[C@@H]3C[C@@H](OP(=O)(O)O)CN3C2=O)cc1. The number of phosphoric acid groups is 1. The number of carbonyl (C=O) groups is 7. The number of esters is 1. The zero-order valence-corrected chi connectivity index (χ0v) is 35.1. The van der Waals surface area contributed by atoms with E-state index >= 15 is 0 Å². The lowest BCUT2D eigenvalue weighted by Gasteiger charge is -2.39. The molecule has 0 unspecified atom stereocenters. The minimum atomic E-state index is -5.19. The van der Waals surface area contributed by atoms with E-state index in [2.05, 4.69) is 21.3 Å². The van der Waals surface area contributed by atoms with Crippen LogP contribution in [0.5, 0.6) is 0 Å². The average Bonchev–Trinajstić information content (AvgIpc) is 3.80. The average molecular weight is 890 g/mol. The number of nitrogens with one attached hydrogen (secondary N) is 4. The normalized spacial score (nSPS) is 26.8. The van der Waals surface area contributed by atoms with Crippen molar-refractivity contribution < 1.29 is 66.0 Å². The Bertz CT molecular complexity index is 2110. The summed E-state index contributed by atoms with van der Waals surface area (Å²) in [6.07, 6.45) is -1.02. The van der Waals surface area contributed by atoms with Gasteiger partial charge in [0.05, 0.1) is 6.10 Å². The number of phosphoric ester groups is 1. The van der Waals surface area contributed by atoms with Crippen LogP contribution in [0, 0.1) is 24.5 Å². The fourth-order valence-electron chi connectivity index (χ4n) is 8.38. The predicted molar refractivity (Wildman–Crippen MR) is 213 cm³/mol. The van der Waals surface area contributed by atoms with E-state index < -0.39 is 129 Å². The first-order valence-corrected chi connectivity index (χ1v) is 21.8. The van der Waals surface area contributed by atoms with Crippen molar-refractivity contribution in [1.29, 1.82) is 0 Å². The Morgan fingerprint density at radius 1 is 0.903 bits per heavy atom. The molecular weight excluding hydrogens is 839 g/mol. The molecule has 6 rings (SSSR count). The number of nitrogens with zero attached hydrogens (tertiary/aromatic N) is 3. The number of rotatable bonds is 8. The minimum Gasteiger partial charge on any atom is -0.461 e. The van der Waals surface area contributed by atoms with Crippen molar-refractivity contribution >= 4 is 55.0 Å². The third-order valence-electron chi connectivity index (χ3n) is 11.3. The quantitative estimate of drug-likeness (QED) is 0.162. The lowest BCUT2D eigenvalue weighted by atomic mass is 9.99. The maximum Gasteiger partial charge on any atom is 0.469 e. The fourth-order valence-corrected chi connectivity index (χ4v) is 8.92. The van der Waals surface area contributed by atoms with Gasteiger partial charge in [0.2, 0.25) is 29.5 Å². The van der Waals surface area contributed by atoms with Crippen LogP contribution < -0.4 is 21.3 Å². The summed E-state index contributed by atoms with van der Waals surface area (Å²) in [5.74, 6) is -7.32. The number of fused-ring (bicyclic) bond motifs is 3. The molecule has 4 saturated heterocycles. The van der Waals surface area contributed by atoms with E-state index in [0.717, 1.165) is 22.6 Å². The Labute approximate surface area is 355 Å². The number of cyclic esters (lactones) is 1. The van der Waals surface area contributed by atoms with E-state index in [1.165, 1.54) is 16.7 Å². The topological polar surface area (TPSA) is 253 Å². The van der Waals surface area contributed by atoms with Crippen molar-refractivity contribution in [1.82, 2.24) is 30.7 Å². The molecular formula is C40H50F2N7O12P. The zero-order valence-electron chi connectivity index (χ0n) is 34.3. The zero-order chi connectivity index (χ0) is 45.0. The number of hydrogen-bond donors (Lipinski definition) is 6. The van der Waals surface area contributed by atoms with Crippen LogP contribution in [0.2, 0.25) is 0 Å². The molecule has 0 aliphatic carbocycles. The highest BCUT2D eigenvalue weighted by atomic mass is 31.2. The molecule has 4 fully saturated rings. The van der Waals surface area contributed by atoms with E-state index in [9.17, 15) is 56.7 Å². The van der Waals surface area contributed by atoms with Crippen molar-refractivity contribution in [3.05, 3.63) is 65.2 Å². The molecule has 336 valence electrons. The van der Waals surface area contributed by atoms with Gasteiger partial charge in [-0.1, -0.05) is 24.6 Å². The summed E-state index contributed by atoms with van der Waals surface area (Å²) in [5, 5.41) is 10.1. The Hall–Kier alpha value is -5.50. The predicted octanol–water partition coefficient (Wildman–Crippen LogP) is 1.25.